The fraction of sp³-hybridized carbons (Fsp3) is 0.500. The number of aryl methyl sites for hydroxylation is 1. The third-order valence-electron chi connectivity index (χ3n) is 7.13. The number of rotatable bonds is 13. The van der Waals surface area contributed by atoms with E-state index in [2.05, 4.69) is 34.9 Å². The molecule has 0 saturated carbocycles. The molecule has 3 atom stereocenters. The van der Waals surface area contributed by atoms with Crippen LogP contribution in [-0.2, 0) is 35.0 Å². The van der Waals surface area contributed by atoms with Crippen LogP contribution in [0.3, 0.4) is 0 Å². The molecule has 2 aliphatic heterocycles. The van der Waals surface area contributed by atoms with Crippen molar-refractivity contribution in [3.05, 3.63) is 53.6 Å². The van der Waals surface area contributed by atoms with E-state index in [-0.39, 0.29) is 30.8 Å². The number of benzene rings is 2. The molecule has 0 aromatic heterocycles. The molecule has 3 unspecified atom stereocenters. The normalized spacial score (nSPS) is 22.2. The first-order valence-electron chi connectivity index (χ1n) is 13.9. The van der Waals surface area contributed by atoms with Crippen molar-refractivity contribution in [2.45, 2.75) is 63.3 Å². The molecule has 0 spiro atoms. The van der Waals surface area contributed by atoms with E-state index in [1.807, 2.05) is 36.4 Å². The molecule has 1 amide bonds. The van der Waals surface area contributed by atoms with Crippen molar-refractivity contribution in [3.8, 4) is 5.75 Å². The second kappa shape index (κ2) is 14.0. The molecule has 0 radical (unpaired) electrons. The highest BCUT2D eigenvalue weighted by Crippen LogP contribution is 2.52. The number of fused-ring (bicyclic) bond motifs is 1. The van der Waals surface area contributed by atoms with E-state index in [9.17, 15) is 14.4 Å². The second-order valence-electron chi connectivity index (χ2n) is 10.1. The fourth-order valence-corrected chi connectivity index (χ4v) is 6.40. The molecule has 1 fully saturated rings. The number of hydrogen-bond acceptors (Lipinski definition) is 9. The van der Waals surface area contributed by atoms with Crippen molar-refractivity contribution >= 4 is 41.5 Å². The van der Waals surface area contributed by atoms with E-state index in [1.54, 1.807) is 18.9 Å². The number of carbonyl (C=O) groups is 3. The lowest BCUT2D eigenvalue weighted by atomic mass is 9.94. The number of hydrogen-bond donors (Lipinski definition) is 2. The van der Waals surface area contributed by atoms with Gasteiger partial charge in [-0.1, -0.05) is 43.1 Å². The van der Waals surface area contributed by atoms with E-state index in [0.29, 0.717) is 38.5 Å². The first kappa shape index (κ1) is 29.9. The lowest BCUT2D eigenvalue weighted by molar-refractivity contribution is -0.143. The van der Waals surface area contributed by atoms with Crippen LogP contribution in [0.15, 0.2) is 42.5 Å². The minimum absolute atomic E-state index is 0.0972. The van der Waals surface area contributed by atoms with Gasteiger partial charge in [0.2, 0.25) is 5.91 Å². The molecule has 2 aromatic carbocycles. The van der Waals surface area contributed by atoms with Crippen molar-refractivity contribution in [2.75, 3.05) is 43.5 Å². The summed E-state index contributed by atoms with van der Waals surface area (Å²) >= 11 is 1.64. The topological polar surface area (TPSA) is 106 Å². The Morgan fingerprint density at radius 3 is 2.75 bits per heavy atom. The Hall–Kier alpha value is -3.08. The summed E-state index contributed by atoms with van der Waals surface area (Å²) in [6.07, 6.45) is 2.44. The monoisotopic (exact) mass is 569 g/mol. The minimum atomic E-state index is -0.589. The summed E-state index contributed by atoms with van der Waals surface area (Å²) in [7, 11) is 0. The predicted molar refractivity (Wildman–Crippen MR) is 157 cm³/mol. The van der Waals surface area contributed by atoms with Crippen LogP contribution >= 0.6 is 11.9 Å². The van der Waals surface area contributed by atoms with Gasteiger partial charge in [-0.15, -0.1) is 0 Å². The summed E-state index contributed by atoms with van der Waals surface area (Å²) < 4.78 is 18.5. The molecule has 9 nitrogen and oxygen atoms in total. The van der Waals surface area contributed by atoms with Gasteiger partial charge in [-0.2, -0.15) is 0 Å². The number of esters is 1. The first-order valence-corrected chi connectivity index (χ1v) is 14.7. The number of carbonyl (C=O) groups excluding carboxylic acids is 3. The Bertz CT molecular complexity index is 1180. The summed E-state index contributed by atoms with van der Waals surface area (Å²) in [5.74, 6) is 0.324. The van der Waals surface area contributed by atoms with Crippen LogP contribution in [0.4, 0.5) is 11.4 Å². The van der Waals surface area contributed by atoms with Crippen molar-refractivity contribution in [1.82, 2.24) is 4.31 Å². The van der Waals surface area contributed by atoms with Crippen LogP contribution in [0.2, 0.25) is 0 Å². The van der Waals surface area contributed by atoms with Gasteiger partial charge in [0, 0.05) is 25.9 Å². The molecule has 40 heavy (non-hydrogen) atoms. The zero-order chi connectivity index (χ0) is 28.5. The van der Waals surface area contributed by atoms with Gasteiger partial charge in [0.05, 0.1) is 29.3 Å². The maximum atomic E-state index is 12.8. The molecule has 4 rings (SSSR count). The van der Waals surface area contributed by atoms with Gasteiger partial charge in [0.15, 0.2) is 0 Å². The van der Waals surface area contributed by atoms with Gasteiger partial charge in [-0.05, 0) is 56.0 Å². The van der Waals surface area contributed by atoms with Crippen molar-refractivity contribution in [3.63, 3.8) is 0 Å². The number of amides is 1. The first-order chi connectivity index (χ1) is 19.4. The molecule has 10 heteroatoms. The lowest BCUT2D eigenvalue weighted by Crippen LogP contribution is -2.45. The summed E-state index contributed by atoms with van der Waals surface area (Å²) in [6, 6.07) is 13.3. The predicted octanol–water partition coefficient (Wildman–Crippen LogP) is 4.56. The van der Waals surface area contributed by atoms with Crippen molar-refractivity contribution < 1.29 is 28.6 Å². The summed E-state index contributed by atoms with van der Waals surface area (Å²) in [6.45, 7) is 8.62. The van der Waals surface area contributed by atoms with Crippen LogP contribution in [0.5, 0.6) is 5.75 Å². The molecule has 0 bridgehead atoms. The second-order valence-corrected chi connectivity index (χ2v) is 11.6. The average molecular weight is 570 g/mol. The maximum absolute atomic E-state index is 12.8. The highest BCUT2D eigenvalue weighted by atomic mass is 32.2. The van der Waals surface area contributed by atoms with E-state index in [1.165, 1.54) is 0 Å². The van der Waals surface area contributed by atoms with E-state index in [4.69, 9.17) is 14.2 Å². The summed E-state index contributed by atoms with van der Waals surface area (Å²) in [5.41, 5.74) is 3.47. The zero-order valence-electron chi connectivity index (χ0n) is 23.4. The number of para-hydroxylation sites is 1. The standard InChI is InChI=1S/C30H39N3O6S/c1-4-21-16-24-29(25(17-21)31-27(35)12-9-13-28(36)37-5-2)32-26(19-34)30(24,3)40-33-14-15-38-23(18-33)20-39-22-10-7-6-8-11-22/h6-8,10-11,16-17,19,23,26,32H,4-5,9,12-15,18,20H2,1-3H3,(H,31,35). The zero-order valence-corrected chi connectivity index (χ0v) is 24.3. The number of aldehydes is 1. The van der Waals surface area contributed by atoms with E-state index >= 15 is 0 Å². The van der Waals surface area contributed by atoms with Gasteiger partial charge < -0.3 is 29.6 Å². The van der Waals surface area contributed by atoms with E-state index < -0.39 is 10.8 Å². The Labute approximate surface area is 240 Å². The Kier molecular flexibility index (Phi) is 10.5. The number of anilines is 2. The van der Waals surface area contributed by atoms with Gasteiger partial charge in [-0.3, -0.25) is 9.59 Å². The number of nitrogens with one attached hydrogen (secondary N) is 2. The third-order valence-corrected chi connectivity index (χ3v) is 8.58. The highest BCUT2D eigenvalue weighted by Gasteiger charge is 2.47. The van der Waals surface area contributed by atoms with Crippen LogP contribution < -0.4 is 15.4 Å². The molecule has 2 N–H and O–H groups in total. The maximum Gasteiger partial charge on any atom is 0.305 e. The number of ether oxygens (including phenoxy) is 3. The molecule has 1 saturated heterocycles. The number of nitrogens with zero attached hydrogens (tertiary/aromatic N) is 1. The van der Waals surface area contributed by atoms with Crippen molar-refractivity contribution in [1.29, 1.82) is 0 Å². The van der Waals surface area contributed by atoms with Gasteiger partial charge in [-0.25, -0.2) is 4.31 Å². The molecule has 2 heterocycles. The summed E-state index contributed by atoms with van der Waals surface area (Å²) in [4.78, 5) is 36.7. The third kappa shape index (κ3) is 7.35. The van der Waals surface area contributed by atoms with Gasteiger partial charge in [0.1, 0.15) is 30.8 Å². The molecule has 216 valence electrons. The summed E-state index contributed by atoms with van der Waals surface area (Å²) in [5, 5.41) is 6.40. The SMILES string of the molecule is CCOC(=O)CCCC(=O)Nc1cc(CC)cc2c1NC(C=O)C2(C)SN1CCOC(COc2ccccc2)C1. The van der Waals surface area contributed by atoms with Crippen LogP contribution in [0.25, 0.3) is 0 Å². The molecular weight excluding hydrogens is 530 g/mol. The fourth-order valence-electron chi connectivity index (χ4n) is 4.97. The van der Waals surface area contributed by atoms with Crippen molar-refractivity contribution in [2.24, 2.45) is 0 Å². The molecule has 2 aliphatic rings. The lowest BCUT2D eigenvalue weighted by Gasteiger charge is -2.38. The van der Waals surface area contributed by atoms with Crippen LogP contribution in [0, 0.1) is 0 Å². The number of morpholine rings is 1. The quantitative estimate of drug-likeness (QED) is 0.204. The molecule has 0 aliphatic carbocycles. The van der Waals surface area contributed by atoms with E-state index in [0.717, 1.165) is 41.8 Å². The minimum Gasteiger partial charge on any atom is -0.491 e. The average Bonchev–Trinajstić information content (AvgIpc) is 3.24. The van der Waals surface area contributed by atoms with Crippen LogP contribution in [0.1, 0.15) is 51.2 Å². The molecule has 2 aromatic rings. The van der Waals surface area contributed by atoms with Gasteiger partial charge in [0.25, 0.3) is 0 Å². The highest BCUT2D eigenvalue weighted by molar-refractivity contribution is 7.98. The largest absolute Gasteiger partial charge is 0.491 e. The van der Waals surface area contributed by atoms with Gasteiger partial charge >= 0.3 is 5.97 Å². The van der Waals surface area contributed by atoms with Crippen LogP contribution in [-0.4, -0.2) is 67.5 Å². The smallest absolute Gasteiger partial charge is 0.305 e. The molecular formula is C30H39N3O6S. The Morgan fingerprint density at radius 2 is 2.02 bits per heavy atom. The Morgan fingerprint density at radius 1 is 1.23 bits per heavy atom. The Balaban J connectivity index is 1.46.